The van der Waals surface area contributed by atoms with E-state index in [9.17, 15) is 14.4 Å². The lowest BCUT2D eigenvalue weighted by molar-refractivity contribution is -0.141. The van der Waals surface area contributed by atoms with Gasteiger partial charge in [0, 0.05) is 12.2 Å². The minimum absolute atomic E-state index is 0.0782. The van der Waals surface area contributed by atoms with Gasteiger partial charge < -0.3 is 21.3 Å². The zero-order chi connectivity index (χ0) is 17.5. The van der Waals surface area contributed by atoms with Crippen molar-refractivity contribution in [2.75, 3.05) is 12.3 Å². The number of amides is 3. The van der Waals surface area contributed by atoms with Crippen LogP contribution in [0.4, 0.5) is 0 Å². The van der Waals surface area contributed by atoms with Crippen molar-refractivity contribution in [2.24, 2.45) is 11.7 Å². The first kappa shape index (κ1) is 17.5. The summed E-state index contributed by atoms with van der Waals surface area (Å²) in [7, 11) is 0. The molecule has 0 aromatic rings. The monoisotopic (exact) mass is 354 g/mol. The van der Waals surface area contributed by atoms with Crippen LogP contribution in [0.3, 0.4) is 0 Å². The Morgan fingerprint density at radius 1 is 1.50 bits per heavy atom. The number of hydrogen-bond acceptors (Lipinski definition) is 5. The molecule has 134 valence electrons. The second kappa shape index (κ2) is 6.55. The van der Waals surface area contributed by atoms with Crippen molar-refractivity contribution in [2.45, 2.75) is 62.5 Å². The van der Waals surface area contributed by atoms with Crippen LogP contribution in [0.25, 0.3) is 0 Å². The molecule has 3 aliphatic rings. The van der Waals surface area contributed by atoms with Crippen molar-refractivity contribution >= 4 is 29.5 Å². The summed E-state index contributed by atoms with van der Waals surface area (Å²) < 4.78 is 0. The number of hydrogen-bond donors (Lipinski definition) is 3. The van der Waals surface area contributed by atoms with Gasteiger partial charge in [-0.05, 0) is 31.7 Å². The van der Waals surface area contributed by atoms with Crippen LogP contribution in [0.5, 0.6) is 0 Å². The summed E-state index contributed by atoms with van der Waals surface area (Å²) in [4.78, 5) is 39.1. The predicted octanol–water partition coefficient (Wildman–Crippen LogP) is -0.201. The van der Waals surface area contributed by atoms with Crippen LogP contribution in [0.2, 0.25) is 0 Å². The molecule has 0 unspecified atom stereocenters. The normalized spacial score (nSPS) is 35.5. The molecular formula is C16H26N4O3S. The van der Waals surface area contributed by atoms with Gasteiger partial charge in [0.1, 0.15) is 11.6 Å². The van der Waals surface area contributed by atoms with Crippen molar-refractivity contribution in [3.8, 4) is 0 Å². The van der Waals surface area contributed by atoms with Gasteiger partial charge >= 0.3 is 0 Å². The minimum atomic E-state index is -0.915. The van der Waals surface area contributed by atoms with E-state index >= 15 is 0 Å². The number of carbonyl (C=O) groups is 3. The van der Waals surface area contributed by atoms with Gasteiger partial charge in [0.25, 0.3) is 0 Å². The van der Waals surface area contributed by atoms with Gasteiger partial charge in [-0.25, -0.2) is 0 Å². The molecule has 3 amide bonds. The highest BCUT2D eigenvalue weighted by atomic mass is 32.2. The van der Waals surface area contributed by atoms with E-state index in [1.807, 2.05) is 13.8 Å². The Kier molecular flexibility index (Phi) is 4.79. The summed E-state index contributed by atoms with van der Waals surface area (Å²) in [6.45, 7) is 4.91. The molecule has 7 nitrogen and oxygen atoms in total. The highest BCUT2D eigenvalue weighted by Crippen LogP contribution is 2.44. The number of rotatable bonds is 5. The van der Waals surface area contributed by atoms with Crippen LogP contribution in [0, 0.1) is 5.92 Å². The summed E-state index contributed by atoms with van der Waals surface area (Å²) in [5, 5.41) is 6.14. The molecule has 24 heavy (non-hydrogen) atoms. The van der Waals surface area contributed by atoms with Crippen LogP contribution in [0.15, 0.2) is 0 Å². The maximum absolute atomic E-state index is 13.2. The summed E-state index contributed by atoms with van der Waals surface area (Å²) >= 11 is 1.58. The highest BCUT2D eigenvalue weighted by molar-refractivity contribution is 8.00. The standard InChI is InChI=1S/C16H26N4O3S/c1-9(2)6-16(19-14(22)10-4-3-5-18-10)7-12-20(15(16)23)11(8-24-12)13(17)21/h9-12,18H,3-8H2,1-2H3,(H2,17,21)(H,19,22)/t10-,11+,12+,16+/m0/s1. The maximum Gasteiger partial charge on any atom is 0.250 e. The van der Waals surface area contributed by atoms with Gasteiger partial charge in [-0.3, -0.25) is 14.4 Å². The molecule has 3 saturated heterocycles. The first-order chi connectivity index (χ1) is 11.3. The number of nitrogens with one attached hydrogen (secondary N) is 2. The summed E-state index contributed by atoms with van der Waals surface area (Å²) in [6.07, 6.45) is 2.88. The molecule has 0 aliphatic carbocycles. The Bertz CT molecular complexity index is 549. The van der Waals surface area contributed by atoms with Gasteiger partial charge in [0.15, 0.2) is 0 Å². The Morgan fingerprint density at radius 3 is 2.83 bits per heavy atom. The van der Waals surface area contributed by atoms with Crippen LogP contribution < -0.4 is 16.4 Å². The van der Waals surface area contributed by atoms with Crippen molar-refractivity contribution in [1.29, 1.82) is 0 Å². The lowest BCUT2D eigenvalue weighted by atomic mass is 9.86. The molecule has 3 aliphatic heterocycles. The Labute approximate surface area is 146 Å². The number of primary amides is 1. The van der Waals surface area contributed by atoms with Crippen molar-refractivity contribution < 1.29 is 14.4 Å². The Balaban J connectivity index is 1.83. The molecule has 0 aromatic carbocycles. The molecule has 3 fully saturated rings. The van der Waals surface area contributed by atoms with Crippen LogP contribution in [-0.4, -0.2) is 57.9 Å². The second-order valence-corrected chi connectivity index (χ2v) is 8.65. The first-order valence-electron chi connectivity index (χ1n) is 8.63. The van der Waals surface area contributed by atoms with E-state index in [1.165, 1.54) is 0 Å². The molecule has 8 heteroatoms. The SMILES string of the molecule is CC(C)C[C@@]1(NC(=O)[C@@H]2CCCN2)C[C@H]2SC[C@H](C(N)=O)N2C1=O. The van der Waals surface area contributed by atoms with Gasteiger partial charge in [-0.1, -0.05) is 13.8 Å². The summed E-state index contributed by atoms with van der Waals surface area (Å²) in [5.41, 5.74) is 4.55. The third kappa shape index (κ3) is 3.01. The van der Waals surface area contributed by atoms with E-state index in [-0.39, 0.29) is 29.1 Å². The zero-order valence-electron chi connectivity index (χ0n) is 14.2. The van der Waals surface area contributed by atoms with Crippen molar-refractivity contribution in [3.63, 3.8) is 0 Å². The fourth-order valence-electron chi connectivity index (χ4n) is 4.10. The average Bonchev–Trinajstić information content (AvgIpc) is 3.18. The zero-order valence-corrected chi connectivity index (χ0v) is 15.0. The molecule has 0 aromatic heterocycles. The van der Waals surface area contributed by atoms with E-state index in [1.54, 1.807) is 16.7 Å². The van der Waals surface area contributed by atoms with Gasteiger partial charge in [0.2, 0.25) is 17.7 Å². The molecule has 0 saturated carbocycles. The maximum atomic E-state index is 13.2. The molecule has 4 N–H and O–H groups in total. The molecule has 0 bridgehead atoms. The third-order valence-corrected chi connectivity index (χ3v) is 6.37. The second-order valence-electron chi connectivity index (χ2n) is 7.44. The topological polar surface area (TPSA) is 105 Å². The van der Waals surface area contributed by atoms with Crippen LogP contribution in [0.1, 0.15) is 39.5 Å². The number of nitrogens with two attached hydrogens (primary N) is 1. The minimum Gasteiger partial charge on any atom is -0.368 e. The third-order valence-electron chi connectivity index (χ3n) is 5.08. The number of nitrogens with zero attached hydrogens (tertiary/aromatic N) is 1. The number of thioether (sulfide) groups is 1. The fourth-order valence-corrected chi connectivity index (χ4v) is 5.63. The fraction of sp³-hybridized carbons (Fsp3) is 0.812. The Hall–Kier alpha value is -1.28. The van der Waals surface area contributed by atoms with E-state index in [4.69, 9.17) is 5.73 Å². The average molecular weight is 354 g/mol. The Morgan fingerprint density at radius 2 is 2.25 bits per heavy atom. The summed E-state index contributed by atoms with van der Waals surface area (Å²) in [6, 6.07) is -0.792. The van der Waals surface area contributed by atoms with E-state index < -0.39 is 17.5 Å². The number of fused-ring (bicyclic) bond motifs is 1. The predicted molar refractivity (Wildman–Crippen MR) is 92.0 cm³/mol. The molecule has 3 rings (SSSR count). The first-order valence-corrected chi connectivity index (χ1v) is 9.68. The summed E-state index contributed by atoms with van der Waals surface area (Å²) in [5.74, 6) is 0.0664. The van der Waals surface area contributed by atoms with E-state index in [0.29, 0.717) is 18.6 Å². The van der Waals surface area contributed by atoms with E-state index in [2.05, 4.69) is 10.6 Å². The molecular weight excluding hydrogens is 328 g/mol. The molecule has 3 heterocycles. The quantitative estimate of drug-likeness (QED) is 0.634. The number of carbonyl (C=O) groups excluding carboxylic acids is 3. The van der Waals surface area contributed by atoms with Crippen LogP contribution in [-0.2, 0) is 14.4 Å². The lowest BCUT2D eigenvalue weighted by Gasteiger charge is -2.32. The van der Waals surface area contributed by atoms with Gasteiger partial charge in [0.05, 0.1) is 11.4 Å². The molecule has 0 radical (unpaired) electrons. The lowest BCUT2D eigenvalue weighted by Crippen LogP contribution is -2.59. The molecule has 0 spiro atoms. The highest BCUT2D eigenvalue weighted by Gasteiger charge is 2.58. The smallest absolute Gasteiger partial charge is 0.250 e. The van der Waals surface area contributed by atoms with Gasteiger partial charge in [-0.2, -0.15) is 0 Å². The van der Waals surface area contributed by atoms with Gasteiger partial charge in [-0.15, -0.1) is 11.8 Å². The largest absolute Gasteiger partial charge is 0.368 e. The van der Waals surface area contributed by atoms with Crippen molar-refractivity contribution in [1.82, 2.24) is 15.5 Å². The van der Waals surface area contributed by atoms with E-state index in [0.717, 1.165) is 19.4 Å². The van der Waals surface area contributed by atoms with Crippen LogP contribution >= 0.6 is 11.8 Å². The van der Waals surface area contributed by atoms with Crippen molar-refractivity contribution in [3.05, 3.63) is 0 Å². The molecule has 4 atom stereocenters.